The van der Waals surface area contributed by atoms with Gasteiger partial charge in [-0.05, 0) is 18.2 Å². The van der Waals surface area contributed by atoms with E-state index < -0.39 is 17.9 Å². The van der Waals surface area contributed by atoms with Crippen molar-refractivity contribution in [3.05, 3.63) is 37.2 Å². The van der Waals surface area contributed by atoms with Crippen molar-refractivity contribution in [3.63, 3.8) is 0 Å². The topological polar surface area (TPSA) is 120 Å². The Morgan fingerprint density at radius 1 is 0.632 bits per heavy atom. The average Bonchev–Trinajstić information content (AvgIpc) is 2.18. The van der Waals surface area contributed by atoms with Crippen LogP contribution in [0.1, 0.15) is 0 Å². The Labute approximate surface area is 116 Å². The normalized spacial score (nSPS) is 9.00. The molecule has 6 nitrogen and oxygen atoms in total. The van der Waals surface area contributed by atoms with E-state index in [4.69, 9.17) is 29.7 Å². The van der Waals surface area contributed by atoms with Gasteiger partial charge in [-0.1, -0.05) is 0 Å². The summed E-state index contributed by atoms with van der Waals surface area (Å²) in [6.07, 6.45) is 0.653. The summed E-state index contributed by atoms with van der Waals surface area (Å²) in [7, 11) is 0. The van der Waals surface area contributed by atoms with E-state index in [9.17, 15) is 13.2 Å². The molecule has 102 valence electrons. The molecule has 0 aliphatic carbocycles. The van der Waals surface area contributed by atoms with Gasteiger partial charge in [0.25, 0.3) is 0 Å². The zero-order chi connectivity index (χ0) is 15.0. The molecule has 0 aromatic heterocycles. The predicted octanol–water partition coefficient (Wildman–Crippen LogP) is -2.72. The van der Waals surface area contributed by atoms with Crippen molar-refractivity contribution in [2.45, 2.75) is 0 Å². The first-order valence-corrected chi connectivity index (χ1v) is 3.75. The van der Waals surface area contributed by atoms with Crippen molar-refractivity contribution in [2.75, 3.05) is 0 Å². The second-order valence-corrected chi connectivity index (χ2v) is 1.84. The van der Waals surface area contributed by atoms with Gasteiger partial charge in [0.1, 0.15) is 0 Å². The maximum absolute atomic E-state index is 10.6. The molecule has 0 saturated heterocycles. The molecule has 0 unspecified atom stereocenters. The van der Waals surface area contributed by atoms with E-state index in [2.05, 4.69) is 0 Å². The van der Waals surface area contributed by atoms with Crippen LogP contribution in [0.4, 0.5) is 13.2 Å². The van der Waals surface area contributed by atoms with Crippen molar-refractivity contribution < 1.29 is 42.9 Å². The van der Waals surface area contributed by atoms with Gasteiger partial charge in [0.05, 0.1) is 36.9 Å². The second kappa shape index (κ2) is 21.3. The first kappa shape index (κ1) is 25.7. The third kappa shape index (κ3) is 64.2. The zero-order valence-corrected chi connectivity index (χ0v) is 10.3. The Morgan fingerprint density at radius 2 is 0.789 bits per heavy atom. The van der Waals surface area contributed by atoms with Crippen molar-refractivity contribution in [1.29, 1.82) is 0 Å². The van der Waals surface area contributed by atoms with E-state index in [1.807, 2.05) is 0 Å². The largest absolute Gasteiger partial charge is 3.00 e. The Bertz CT molecular complexity index is 289. The fraction of sp³-hybridized carbons (Fsp3) is 0. The van der Waals surface area contributed by atoms with Crippen LogP contribution in [0.25, 0.3) is 0 Å². The summed E-state index contributed by atoms with van der Waals surface area (Å²) < 4.78 is 31.9. The van der Waals surface area contributed by atoms with Gasteiger partial charge >= 0.3 is 17.4 Å². The molecular weight excluding hydrogens is 288 g/mol. The van der Waals surface area contributed by atoms with E-state index >= 15 is 0 Å². The number of aliphatic carboxylic acids is 3. The van der Waals surface area contributed by atoms with Gasteiger partial charge in [-0.25, -0.2) is 13.2 Å². The minimum Gasteiger partial charge on any atom is -0.545 e. The Balaban J connectivity index is -0.0000000865. The summed E-state index contributed by atoms with van der Waals surface area (Å²) in [6.45, 7) is 0. The van der Waals surface area contributed by atoms with E-state index in [1.54, 1.807) is 0 Å². The number of hydrogen-bond acceptors (Lipinski definition) is 6. The van der Waals surface area contributed by atoms with Crippen LogP contribution < -0.4 is 15.3 Å². The zero-order valence-electron chi connectivity index (χ0n) is 9.12. The van der Waals surface area contributed by atoms with Gasteiger partial charge in [0.2, 0.25) is 0 Å². The maximum Gasteiger partial charge on any atom is 3.00 e. The molecule has 0 spiro atoms. The summed E-state index contributed by atoms with van der Waals surface area (Å²) in [5.41, 5.74) is 0. The average molecular weight is 294 g/mol. The van der Waals surface area contributed by atoms with Crippen LogP contribution in [0.3, 0.4) is 0 Å². The van der Waals surface area contributed by atoms with Crippen LogP contribution in [0, 0.1) is 0 Å². The van der Waals surface area contributed by atoms with Gasteiger partial charge in [-0.15, -0.1) is 0 Å². The predicted molar refractivity (Wildman–Crippen MR) is 51.5 cm³/mol. The second-order valence-electron chi connectivity index (χ2n) is 1.84. The van der Waals surface area contributed by atoms with E-state index in [0.29, 0.717) is 18.2 Å². The molecular formula is C9H6AlF3O6. The molecule has 0 saturated carbocycles. The molecule has 0 amide bonds. The van der Waals surface area contributed by atoms with Gasteiger partial charge < -0.3 is 29.7 Å². The van der Waals surface area contributed by atoms with Crippen LogP contribution in [0.15, 0.2) is 37.2 Å². The molecule has 0 aliphatic heterocycles. The standard InChI is InChI=1S/3C3H3FO2.Al/c3*4-2-1-3(5)6;/h3*1-2H,(H,5,6);/q;;;+3/p-3/b3*2-1+;. The maximum atomic E-state index is 10.6. The number of carbonyl (C=O) groups excluding carboxylic acids is 3. The molecule has 0 aromatic carbocycles. The number of carboxylic acids is 3. The summed E-state index contributed by atoms with van der Waals surface area (Å²) in [6, 6.07) is 0. The Morgan fingerprint density at radius 3 is 0.789 bits per heavy atom. The first-order chi connectivity index (χ1) is 8.31. The first-order valence-electron chi connectivity index (χ1n) is 3.75. The third-order valence-electron chi connectivity index (χ3n) is 0.597. The quantitative estimate of drug-likeness (QED) is 0.412. The number of carboxylic acid groups (broad SMARTS) is 3. The van der Waals surface area contributed by atoms with Gasteiger partial charge in [0, 0.05) is 0 Å². The fourth-order valence-electron chi connectivity index (χ4n) is 0.154. The number of carbonyl (C=O) groups is 3. The Hall–Kier alpha value is -2.05. The minimum atomic E-state index is -1.52. The van der Waals surface area contributed by atoms with E-state index in [1.165, 1.54) is 0 Å². The van der Waals surface area contributed by atoms with Crippen molar-refractivity contribution >= 4 is 35.3 Å². The summed E-state index contributed by atoms with van der Waals surface area (Å²) in [5, 5.41) is 27.5. The van der Waals surface area contributed by atoms with Crippen LogP contribution in [-0.4, -0.2) is 35.3 Å². The molecule has 0 atom stereocenters. The fourth-order valence-corrected chi connectivity index (χ4v) is 0.154. The molecule has 0 aromatic rings. The van der Waals surface area contributed by atoms with Crippen molar-refractivity contribution in [3.8, 4) is 0 Å². The molecule has 19 heavy (non-hydrogen) atoms. The SMILES string of the molecule is O=C([O-])/C=C/F.O=C([O-])/C=C/F.O=C([O-])/C=C/F.[Al+3]. The number of hydrogen-bond donors (Lipinski definition) is 0. The molecule has 0 radical (unpaired) electrons. The summed E-state index contributed by atoms with van der Waals surface area (Å²) in [4.78, 5) is 27.5. The van der Waals surface area contributed by atoms with Gasteiger partial charge in [-0.3, -0.25) is 0 Å². The monoisotopic (exact) mass is 294 g/mol. The molecule has 0 aliphatic rings. The van der Waals surface area contributed by atoms with Crippen molar-refractivity contribution in [1.82, 2.24) is 0 Å². The molecule has 0 bridgehead atoms. The van der Waals surface area contributed by atoms with Crippen molar-refractivity contribution in [2.24, 2.45) is 0 Å². The van der Waals surface area contributed by atoms with Crippen LogP contribution >= 0.6 is 0 Å². The van der Waals surface area contributed by atoms with Crippen LogP contribution in [-0.2, 0) is 14.4 Å². The third-order valence-corrected chi connectivity index (χ3v) is 0.597. The van der Waals surface area contributed by atoms with E-state index in [-0.39, 0.29) is 36.4 Å². The smallest absolute Gasteiger partial charge is 0.545 e. The summed E-state index contributed by atoms with van der Waals surface area (Å²) in [5.74, 6) is -4.55. The van der Waals surface area contributed by atoms with Gasteiger partial charge in [-0.2, -0.15) is 0 Å². The van der Waals surface area contributed by atoms with E-state index in [0.717, 1.165) is 0 Å². The van der Waals surface area contributed by atoms with Gasteiger partial charge in [0.15, 0.2) is 0 Å². The molecule has 0 N–H and O–H groups in total. The minimum absolute atomic E-state index is 0. The Kier molecular flexibility index (Phi) is 28.8. The summed E-state index contributed by atoms with van der Waals surface area (Å²) >= 11 is 0. The van der Waals surface area contributed by atoms with Crippen LogP contribution in [0.2, 0.25) is 0 Å². The molecule has 10 heteroatoms. The number of halogens is 3. The number of rotatable bonds is 3. The molecule has 0 rings (SSSR count). The molecule has 0 fully saturated rings. The molecule has 0 heterocycles. The van der Waals surface area contributed by atoms with Crippen LogP contribution in [0.5, 0.6) is 0 Å².